The van der Waals surface area contributed by atoms with Crippen LogP contribution in [0.15, 0.2) is 24.3 Å². The van der Waals surface area contributed by atoms with E-state index in [2.05, 4.69) is 6.92 Å². The number of hydrogen-bond acceptors (Lipinski definition) is 2. The Bertz CT molecular complexity index is 454. The van der Waals surface area contributed by atoms with E-state index in [0.29, 0.717) is 23.1 Å². The molecule has 2 rings (SSSR count). The number of carbonyl (C=O) groups is 1. The molecule has 1 aliphatic rings. The van der Waals surface area contributed by atoms with Gasteiger partial charge in [-0.3, -0.25) is 4.79 Å². The van der Waals surface area contributed by atoms with Gasteiger partial charge in [0.15, 0.2) is 5.78 Å². The number of Topliss-reactive ketones (excluding diaryl/α,β-unsaturated/α-hetero) is 1. The van der Waals surface area contributed by atoms with Crippen LogP contribution in [0.4, 0.5) is 0 Å². The van der Waals surface area contributed by atoms with Gasteiger partial charge in [0.2, 0.25) is 0 Å². The highest BCUT2D eigenvalue weighted by molar-refractivity contribution is 6.34. The fourth-order valence-corrected chi connectivity index (χ4v) is 3.29. The Morgan fingerprint density at radius 3 is 2.84 bits per heavy atom. The van der Waals surface area contributed by atoms with Crippen LogP contribution in [0.1, 0.15) is 49.9 Å². The van der Waals surface area contributed by atoms with Crippen LogP contribution in [0.3, 0.4) is 0 Å². The number of carbonyl (C=O) groups excluding carboxylic acids is 1. The molecule has 3 heteroatoms. The van der Waals surface area contributed by atoms with Gasteiger partial charge in [0.05, 0.1) is 5.02 Å². The van der Waals surface area contributed by atoms with Crippen molar-refractivity contribution in [2.75, 3.05) is 6.61 Å². The zero-order valence-electron chi connectivity index (χ0n) is 11.6. The highest BCUT2D eigenvalue weighted by Gasteiger charge is 2.43. The second-order valence-corrected chi connectivity index (χ2v) is 5.84. The van der Waals surface area contributed by atoms with E-state index in [4.69, 9.17) is 16.3 Å². The highest BCUT2D eigenvalue weighted by atomic mass is 35.5. The van der Waals surface area contributed by atoms with Gasteiger partial charge in [-0.05, 0) is 44.2 Å². The third-order valence-corrected chi connectivity index (χ3v) is 4.24. The molecule has 0 heterocycles. The Balaban J connectivity index is 2.33. The zero-order chi connectivity index (χ0) is 13.9. The van der Waals surface area contributed by atoms with E-state index < -0.39 is 5.60 Å². The number of halogens is 1. The van der Waals surface area contributed by atoms with E-state index in [0.717, 1.165) is 19.3 Å². The molecule has 0 saturated heterocycles. The lowest BCUT2D eigenvalue weighted by Gasteiger charge is -2.38. The maximum atomic E-state index is 12.9. The summed E-state index contributed by atoms with van der Waals surface area (Å²) in [7, 11) is 0. The molecule has 0 aliphatic heterocycles. The molecule has 19 heavy (non-hydrogen) atoms. The summed E-state index contributed by atoms with van der Waals surface area (Å²) in [6.07, 6.45) is 3.81. The highest BCUT2D eigenvalue weighted by Crippen LogP contribution is 2.38. The Labute approximate surface area is 120 Å². The molecule has 1 fully saturated rings. The molecule has 104 valence electrons. The van der Waals surface area contributed by atoms with Gasteiger partial charge in [-0.1, -0.05) is 37.1 Å². The Hall–Kier alpha value is -0.860. The lowest BCUT2D eigenvalue weighted by atomic mass is 9.75. The summed E-state index contributed by atoms with van der Waals surface area (Å²) in [5.41, 5.74) is -0.0797. The quantitative estimate of drug-likeness (QED) is 0.759. The molecule has 1 aromatic rings. The average molecular weight is 281 g/mol. The fraction of sp³-hybridized carbons (Fsp3) is 0.562. The van der Waals surface area contributed by atoms with Gasteiger partial charge in [0, 0.05) is 12.2 Å². The molecule has 1 aliphatic carbocycles. The molecule has 2 unspecified atom stereocenters. The van der Waals surface area contributed by atoms with Crippen LogP contribution < -0.4 is 0 Å². The zero-order valence-corrected chi connectivity index (χ0v) is 12.4. The van der Waals surface area contributed by atoms with Gasteiger partial charge in [-0.2, -0.15) is 0 Å². The number of benzene rings is 1. The normalized spacial score (nSPS) is 27.2. The van der Waals surface area contributed by atoms with Crippen molar-refractivity contribution in [2.24, 2.45) is 5.92 Å². The third kappa shape index (κ3) is 3.01. The Kier molecular flexibility index (Phi) is 4.64. The molecule has 1 saturated carbocycles. The second-order valence-electron chi connectivity index (χ2n) is 5.44. The monoisotopic (exact) mass is 280 g/mol. The Morgan fingerprint density at radius 2 is 2.21 bits per heavy atom. The third-order valence-electron chi connectivity index (χ3n) is 3.91. The van der Waals surface area contributed by atoms with Crippen LogP contribution in [-0.4, -0.2) is 18.0 Å². The van der Waals surface area contributed by atoms with Crippen molar-refractivity contribution in [1.82, 2.24) is 0 Å². The predicted octanol–water partition coefficient (Wildman–Crippen LogP) is 4.51. The number of ketones is 1. The standard InChI is InChI=1S/C16H21ClO2/c1-3-19-16(10-6-7-12(2)11-16)15(18)13-8-4-5-9-14(13)17/h4-5,8-9,12H,3,6-7,10-11H2,1-2H3. The van der Waals surface area contributed by atoms with Crippen molar-refractivity contribution in [2.45, 2.75) is 45.1 Å². The van der Waals surface area contributed by atoms with E-state index in [1.807, 2.05) is 19.1 Å². The van der Waals surface area contributed by atoms with Crippen LogP contribution in [0.5, 0.6) is 0 Å². The van der Waals surface area contributed by atoms with Crippen molar-refractivity contribution >= 4 is 17.4 Å². The van der Waals surface area contributed by atoms with Crippen molar-refractivity contribution in [3.8, 4) is 0 Å². The molecule has 2 nitrogen and oxygen atoms in total. The first-order valence-corrected chi connectivity index (χ1v) is 7.40. The molecule has 0 spiro atoms. The van der Waals surface area contributed by atoms with E-state index >= 15 is 0 Å². The smallest absolute Gasteiger partial charge is 0.196 e. The summed E-state index contributed by atoms with van der Waals surface area (Å²) in [5, 5.41) is 0.518. The van der Waals surface area contributed by atoms with Gasteiger partial charge in [0.25, 0.3) is 0 Å². The van der Waals surface area contributed by atoms with Gasteiger partial charge in [-0.15, -0.1) is 0 Å². The van der Waals surface area contributed by atoms with Crippen molar-refractivity contribution in [1.29, 1.82) is 0 Å². The van der Waals surface area contributed by atoms with E-state index in [9.17, 15) is 4.79 Å². The summed E-state index contributed by atoms with van der Waals surface area (Å²) in [6.45, 7) is 4.69. The first-order chi connectivity index (χ1) is 9.09. The molecule has 0 amide bonds. The first kappa shape index (κ1) is 14.5. The molecule has 0 N–H and O–H groups in total. The molecule has 2 atom stereocenters. The second kappa shape index (κ2) is 6.06. The maximum Gasteiger partial charge on any atom is 0.196 e. The first-order valence-electron chi connectivity index (χ1n) is 7.02. The summed E-state index contributed by atoms with van der Waals surface area (Å²) in [4.78, 5) is 12.9. The molecular formula is C16H21ClO2. The van der Waals surface area contributed by atoms with E-state index in [1.54, 1.807) is 12.1 Å². The van der Waals surface area contributed by atoms with Gasteiger partial charge in [-0.25, -0.2) is 0 Å². The van der Waals surface area contributed by atoms with Crippen molar-refractivity contribution in [3.63, 3.8) is 0 Å². The summed E-state index contributed by atoms with van der Waals surface area (Å²) in [6, 6.07) is 7.26. The maximum absolute atomic E-state index is 12.9. The summed E-state index contributed by atoms with van der Waals surface area (Å²) in [5.74, 6) is 0.568. The average Bonchev–Trinajstić information content (AvgIpc) is 2.39. The van der Waals surface area contributed by atoms with Crippen LogP contribution in [0.25, 0.3) is 0 Å². The number of hydrogen-bond donors (Lipinski definition) is 0. The minimum absolute atomic E-state index is 0.0477. The van der Waals surface area contributed by atoms with E-state index in [1.165, 1.54) is 6.42 Å². The molecule has 0 aromatic heterocycles. The van der Waals surface area contributed by atoms with Gasteiger partial charge in [0.1, 0.15) is 5.60 Å². The summed E-state index contributed by atoms with van der Waals surface area (Å²) < 4.78 is 5.90. The van der Waals surface area contributed by atoms with Crippen molar-refractivity contribution in [3.05, 3.63) is 34.9 Å². The van der Waals surface area contributed by atoms with Crippen LogP contribution in [0.2, 0.25) is 5.02 Å². The summed E-state index contributed by atoms with van der Waals surface area (Å²) >= 11 is 6.16. The molecular weight excluding hydrogens is 260 g/mol. The van der Waals surface area contributed by atoms with E-state index in [-0.39, 0.29) is 5.78 Å². The van der Waals surface area contributed by atoms with Gasteiger partial charge >= 0.3 is 0 Å². The SMILES string of the molecule is CCOC1(C(=O)c2ccccc2Cl)CCCC(C)C1. The lowest BCUT2D eigenvalue weighted by Crippen LogP contribution is -2.45. The Morgan fingerprint density at radius 1 is 1.47 bits per heavy atom. The van der Waals surface area contributed by atoms with Crippen molar-refractivity contribution < 1.29 is 9.53 Å². The number of rotatable bonds is 4. The fourth-order valence-electron chi connectivity index (χ4n) is 3.07. The van der Waals surface area contributed by atoms with Gasteiger partial charge < -0.3 is 4.74 Å². The van der Waals surface area contributed by atoms with Crippen LogP contribution >= 0.6 is 11.6 Å². The largest absolute Gasteiger partial charge is 0.367 e. The molecule has 0 radical (unpaired) electrons. The lowest BCUT2D eigenvalue weighted by molar-refractivity contribution is -0.0511. The minimum atomic E-state index is -0.669. The van der Waals surface area contributed by atoms with Crippen LogP contribution in [-0.2, 0) is 4.74 Å². The minimum Gasteiger partial charge on any atom is -0.367 e. The number of ether oxygens (including phenoxy) is 1. The topological polar surface area (TPSA) is 26.3 Å². The molecule has 1 aromatic carbocycles. The molecule has 0 bridgehead atoms. The van der Waals surface area contributed by atoms with Crippen LogP contribution in [0, 0.1) is 5.92 Å². The predicted molar refractivity (Wildman–Crippen MR) is 77.8 cm³/mol.